The molecule has 0 aliphatic carbocycles. The highest BCUT2D eigenvalue weighted by molar-refractivity contribution is 6.30. The molecule has 2 unspecified atom stereocenters. The van der Waals surface area contributed by atoms with Gasteiger partial charge < -0.3 is 5.32 Å². The highest BCUT2D eigenvalue weighted by atomic mass is 35.5. The Hall–Kier alpha value is -1.95. The molecule has 1 aliphatic rings. The summed E-state index contributed by atoms with van der Waals surface area (Å²) < 4.78 is 12.8. The Balaban J connectivity index is 1.53. The highest BCUT2D eigenvalue weighted by Crippen LogP contribution is 2.23. The zero-order valence-electron chi connectivity index (χ0n) is 12.4. The van der Waals surface area contributed by atoms with Gasteiger partial charge in [0, 0.05) is 17.6 Å². The summed E-state index contributed by atoms with van der Waals surface area (Å²) in [5.74, 6) is -0.370. The van der Waals surface area contributed by atoms with E-state index in [-0.39, 0.29) is 23.8 Å². The fourth-order valence-corrected chi connectivity index (χ4v) is 2.68. The first-order valence-electron chi connectivity index (χ1n) is 7.40. The van der Waals surface area contributed by atoms with Crippen molar-refractivity contribution in [2.75, 3.05) is 0 Å². The number of carbonyl (C=O) groups is 1. The van der Waals surface area contributed by atoms with E-state index in [4.69, 9.17) is 11.6 Å². The fourth-order valence-electron chi connectivity index (χ4n) is 2.56. The predicted molar refractivity (Wildman–Crippen MR) is 87.1 cm³/mol. The lowest BCUT2D eigenvalue weighted by molar-refractivity contribution is -0.123. The van der Waals surface area contributed by atoms with Gasteiger partial charge in [0.1, 0.15) is 11.9 Å². The van der Waals surface area contributed by atoms with Crippen molar-refractivity contribution in [2.24, 2.45) is 0 Å². The normalized spacial score (nSPS) is 20.4. The second kappa shape index (κ2) is 7.08. The molecule has 1 heterocycles. The third kappa shape index (κ3) is 4.07. The molecule has 0 bridgehead atoms. The number of amides is 1. The Morgan fingerprint density at radius 3 is 2.52 bits per heavy atom. The van der Waals surface area contributed by atoms with E-state index >= 15 is 0 Å². The zero-order valence-corrected chi connectivity index (χ0v) is 13.1. The van der Waals surface area contributed by atoms with Gasteiger partial charge in [-0.1, -0.05) is 35.9 Å². The van der Waals surface area contributed by atoms with Crippen molar-refractivity contribution < 1.29 is 9.18 Å². The van der Waals surface area contributed by atoms with E-state index in [1.54, 1.807) is 12.1 Å². The minimum absolute atomic E-state index is 0.0637. The van der Waals surface area contributed by atoms with Crippen LogP contribution in [0.4, 0.5) is 4.39 Å². The number of rotatable bonds is 4. The van der Waals surface area contributed by atoms with Crippen LogP contribution >= 0.6 is 11.6 Å². The molecule has 3 N–H and O–H groups in total. The molecule has 1 aliphatic heterocycles. The summed E-state index contributed by atoms with van der Waals surface area (Å²) in [6.07, 6.45) is 0.650. The molecule has 2 aromatic carbocycles. The summed E-state index contributed by atoms with van der Waals surface area (Å²) in [6, 6.07) is 13.4. The van der Waals surface area contributed by atoms with Crippen LogP contribution in [0.1, 0.15) is 23.6 Å². The quantitative estimate of drug-likeness (QED) is 0.806. The van der Waals surface area contributed by atoms with Crippen LogP contribution in [0.3, 0.4) is 0 Å². The Morgan fingerprint density at radius 1 is 1.13 bits per heavy atom. The molecule has 0 spiro atoms. The summed E-state index contributed by atoms with van der Waals surface area (Å²) in [6.45, 7) is 0.378. The Kier molecular flexibility index (Phi) is 4.91. The van der Waals surface area contributed by atoms with E-state index in [0.717, 1.165) is 11.1 Å². The van der Waals surface area contributed by atoms with Gasteiger partial charge in [-0.2, -0.15) is 0 Å². The van der Waals surface area contributed by atoms with Gasteiger partial charge in [0.25, 0.3) is 0 Å². The maximum Gasteiger partial charge on any atom is 0.238 e. The first kappa shape index (κ1) is 15.9. The first-order chi connectivity index (χ1) is 11.1. The fraction of sp³-hybridized carbons (Fsp3) is 0.235. The molecule has 23 heavy (non-hydrogen) atoms. The van der Waals surface area contributed by atoms with Crippen molar-refractivity contribution >= 4 is 17.5 Å². The number of benzene rings is 2. The van der Waals surface area contributed by atoms with Crippen molar-refractivity contribution in [3.05, 3.63) is 70.5 Å². The number of hydrogen-bond acceptors (Lipinski definition) is 3. The van der Waals surface area contributed by atoms with Gasteiger partial charge in [-0.25, -0.2) is 15.2 Å². The van der Waals surface area contributed by atoms with Crippen molar-refractivity contribution in [3.8, 4) is 0 Å². The lowest BCUT2D eigenvalue weighted by Crippen LogP contribution is -2.42. The molecule has 120 valence electrons. The zero-order chi connectivity index (χ0) is 16.2. The van der Waals surface area contributed by atoms with Crippen molar-refractivity contribution in [1.82, 2.24) is 16.2 Å². The number of hydrazine groups is 1. The number of nitrogens with one attached hydrogen (secondary N) is 3. The third-order valence-electron chi connectivity index (χ3n) is 3.87. The summed E-state index contributed by atoms with van der Waals surface area (Å²) in [5, 5.41) is 3.54. The largest absolute Gasteiger partial charge is 0.351 e. The number of carbonyl (C=O) groups excluding carboxylic acids is 1. The Bertz CT molecular complexity index is 675. The van der Waals surface area contributed by atoms with Crippen molar-refractivity contribution in [3.63, 3.8) is 0 Å². The topological polar surface area (TPSA) is 53.2 Å². The maximum absolute atomic E-state index is 12.8. The number of hydrogen-bond donors (Lipinski definition) is 3. The minimum atomic E-state index is -0.309. The molecule has 2 aromatic rings. The van der Waals surface area contributed by atoms with Crippen LogP contribution in [-0.4, -0.2) is 11.9 Å². The Morgan fingerprint density at radius 2 is 1.83 bits per heavy atom. The van der Waals surface area contributed by atoms with E-state index < -0.39 is 0 Å². The van der Waals surface area contributed by atoms with Crippen LogP contribution in [0.25, 0.3) is 0 Å². The number of halogens is 2. The van der Waals surface area contributed by atoms with Crippen LogP contribution in [0.15, 0.2) is 48.5 Å². The molecule has 3 rings (SSSR count). The molecule has 1 amide bonds. The molecular formula is C17H17ClFN3O. The average Bonchev–Trinajstić information content (AvgIpc) is 3.05. The average molecular weight is 334 g/mol. The highest BCUT2D eigenvalue weighted by Gasteiger charge is 2.29. The maximum atomic E-state index is 12.8. The van der Waals surface area contributed by atoms with Gasteiger partial charge in [0.05, 0.1) is 0 Å². The van der Waals surface area contributed by atoms with Crippen LogP contribution in [-0.2, 0) is 11.3 Å². The third-order valence-corrected chi connectivity index (χ3v) is 4.12. The van der Waals surface area contributed by atoms with E-state index in [1.807, 2.05) is 24.3 Å². The van der Waals surface area contributed by atoms with E-state index in [1.165, 1.54) is 12.1 Å². The SMILES string of the molecule is O=C(NCc1ccc(F)cc1)C1CC(c2ccc(Cl)cc2)NN1. The second-order valence-corrected chi connectivity index (χ2v) is 5.96. The molecule has 0 saturated carbocycles. The van der Waals surface area contributed by atoms with Crippen molar-refractivity contribution in [2.45, 2.75) is 25.0 Å². The van der Waals surface area contributed by atoms with Crippen LogP contribution in [0, 0.1) is 5.82 Å². The standard InChI is InChI=1S/C17H17ClFN3O/c18-13-5-3-12(4-6-13)15-9-16(22-21-15)17(23)20-10-11-1-7-14(19)8-2-11/h1-8,15-16,21-22H,9-10H2,(H,20,23). The monoisotopic (exact) mass is 333 g/mol. The molecule has 1 fully saturated rings. The lowest BCUT2D eigenvalue weighted by atomic mass is 10.0. The van der Waals surface area contributed by atoms with Gasteiger partial charge >= 0.3 is 0 Å². The van der Waals surface area contributed by atoms with Gasteiger partial charge in [-0.15, -0.1) is 0 Å². The summed E-state index contributed by atoms with van der Waals surface area (Å²) in [5.41, 5.74) is 8.08. The predicted octanol–water partition coefficient (Wildman–Crippen LogP) is 2.70. The molecule has 1 saturated heterocycles. The smallest absolute Gasteiger partial charge is 0.238 e. The molecule has 0 aromatic heterocycles. The van der Waals surface area contributed by atoms with Gasteiger partial charge in [-0.05, 0) is 41.8 Å². The van der Waals surface area contributed by atoms with Gasteiger partial charge in [0.2, 0.25) is 5.91 Å². The van der Waals surface area contributed by atoms with Crippen LogP contribution in [0.2, 0.25) is 5.02 Å². The van der Waals surface area contributed by atoms with E-state index in [0.29, 0.717) is 18.0 Å². The molecule has 0 radical (unpaired) electrons. The lowest BCUT2D eigenvalue weighted by Gasteiger charge is -2.11. The Labute approximate surface area is 139 Å². The van der Waals surface area contributed by atoms with Crippen molar-refractivity contribution in [1.29, 1.82) is 0 Å². The van der Waals surface area contributed by atoms with Gasteiger partial charge in [0.15, 0.2) is 0 Å². The minimum Gasteiger partial charge on any atom is -0.351 e. The first-order valence-corrected chi connectivity index (χ1v) is 7.78. The second-order valence-electron chi connectivity index (χ2n) is 5.53. The molecule has 4 nitrogen and oxygen atoms in total. The van der Waals surface area contributed by atoms with E-state index in [2.05, 4.69) is 16.2 Å². The summed E-state index contributed by atoms with van der Waals surface area (Å²) >= 11 is 5.88. The molecule has 6 heteroatoms. The molecular weight excluding hydrogens is 317 g/mol. The van der Waals surface area contributed by atoms with Gasteiger partial charge in [-0.3, -0.25) is 4.79 Å². The van der Waals surface area contributed by atoms with Crippen LogP contribution in [0.5, 0.6) is 0 Å². The van der Waals surface area contributed by atoms with Crippen LogP contribution < -0.4 is 16.2 Å². The summed E-state index contributed by atoms with van der Waals surface area (Å²) in [7, 11) is 0. The molecule has 2 atom stereocenters. The summed E-state index contributed by atoms with van der Waals surface area (Å²) in [4.78, 5) is 12.2. The van der Waals surface area contributed by atoms with E-state index in [9.17, 15) is 9.18 Å².